The summed E-state index contributed by atoms with van der Waals surface area (Å²) >= 11 is 0. The van der Waals surface area contributed by atoms with Gasteiger partial charge in [0.2, 0.25) is 5.91 Å². The van der Waals surface area contributed by atoms with Crippen molar-refractivity contribution in [2.75, 3.05) is 6.61 Å². The standard InChI is InChI=1S/C40H79NO4/c1-3-5-7-9-11-13-15-16-17-18-19-20-21-22-23-24-26-28-30-32-34-39(44)38(36-42)41-40(45)35-37(43)33-31-29-27-25-14-12-10-8-6-4-2/h12,14,37-39,42-44H,3-11,13,15-36H2,1-2H3,(H,41,45)/b14-12-. The Morgan fingerprint density at radius 3 is 1.33 bits per heavy atom. The number of aliphatic hydroxyl groups is 3. The first-order chi connectivity index (χ1) is 22.0. The van der Waals surface area contributed by atoms with Gasteiger partial charge in [-0.3, -0.25) is 4.79 Å². The van der Waals surface area contributed by atoms with Gasteiger partial charge in [-0.25, -0.2) is 0 Å². The van der Waals surface area contributed by atoms with Crippen molar-refractivity contribution in [3.8, 4) is 0 Å². The number of unbranched alkanes of at least 4 members (excludes halogenated alkanes) is 25. The highest BCUT2D eigenvalue weighted by Gasteiger charge is 2.21. The van der Waals surface area contributed by atoms with Crippen molar-refractivity contribution in [3.63, 3.8) is 0 Å². The number of amides is 1. The second kappa shape index (κ2) is 35.9. The molecule has 3 unspecified atom stereocenters. The summed E-state index contributed by atoms with van der Waals surface area (Å²) in [5.41, 5.74) is 0. The summed E-state index contributed by atoms with van der Waals surface area (Å²) < 4.78 is 0. The Hall–Kier alpha value is -0.910. The number of allylic oxidation sites excluding steroid dienone is 2. The van der Waals surface area contributed by atoms with E-state index in [0.29, 0.717) is 12.8 Å². The van der Waals surface area contributed by atoms with Crippen LogP contribution in [0.4, 0.5) is 0 Å². The highest BCUT2D eigenvalue weighted by molar-refractivity contribution is 5.76. The molecule has 0 bridgehead atoms. The molecular weight excluding hydrogens is 558 g/mol. The molecule has 0 saturated heterocycles. The van der Waals surface area contributed by atoms with Gasteiger partial charge in [0.25, 0.3) is 0 Å². The normalized spacial score (nSPS) is 13.8. The van der Waals surface area contributed by atoms with Crippen molar-refractivity contribution in [1.82, 2.24) is 5.32 Å². The molecule has 0 heterocycles. The van der Waals surface area contributed by atoms with Crippen LogP contribution < -0.4 is 5.32 Å². The molecule has 4 N–H and O–H groups in total. The Morgan fingerprint density at radius 2 is 0.889 bits per heavy atom. The maximum Gasteiger partial charge on any atom is 0.222 e. The van der Waals surface area contributed by atoms with Crippen LogP contribution in [-0.4, -0.2) is 46.1 Å². The van der Waals surface area contributed by atoms with E-state index in [1.807, 2.05) is 0 Å². The molecule has 0 aromatic carbocycles. The van der Waals surface area contributed by atoms with Gasteiger partial charge in [-0.05, 0) is 38.5 Å². The zero-order chi connectivity index (χ0) is 33.1. The summed E-state index contributed by atoms with van der Waals surface area (Å²) in [6.45, 7) is 4.22. The SMILES string of the molecule is CCCCC/C=C\CCCCCC(O)CC(=O)NC(CO)C(O)CCCCCCCCCCCCCCCCCCCCCC. The van der Waals surface area contributed by atoms with E-state index in [-0.39, 0.29) is 18.9 Å². The fourth-order valence-corrected chi connectivity index (χ4v) is 6.22. The molecule has 0 aromatic rings. The van der Waals surface area contributed by atoms with Gasteiger partial charge in [-0.15, -0.1) is 0 Å². The fraction of sp³-hybridized carbons (Fsp3) is 0.925. The van der Waals surface area contributed by atoms with Gasteiger partial charge in [0, 0.05) is 0 Å². The van der Waals surface area contributed by atoms with Gasteiger partial charge in [-0.1, -0.05) is 180 Å². The maximum absolute atomic E-state index is 12.4. The van der Waals surface area contributed by atoms with Crippen molar-refractivity contribution >= 4 is 5.91 Å². The van der Waals surface area contributed by atoms with Crippen molar-refractivity contribution in [2.45, 2.75) is 231 Å². The highest BCUT2D eigenvalue weighted by atomic mass is 16.3. The van der Waals surface area contributed by atoms with Crippen molar-refractivity contribution in [1.29, 1.82) is 0 Å². The second-order valence-electron chi connectivity index (χ2n) is 13.9. The van der Waals surface area contributed by atoms with Gasteiger partial charge in [0.1, 0.15) is 0 Å². The van der Waals surface area contributed by atoms with Gasteiger partial charge in [0.15, 0.2) is 0 Å². The number of carbonyl (C=O) groups excluding carboxylic acids is 1. The Balaban J connectivity index is 3.60. The molecule has 0 aromatic heterocycles. The zero-order valence-electron chi connectivity index (χ0n) is 30.3. The van der Waals surface area contributed by atoms with Crippen LogP contribution in [0.1, 0.15) is 213 Å². The molecule has 268 valence electrons. The van der Waals surface area contributed by atoms with Crippen LogP contribution in [0.5, 0.6) is 0 Å². The smallest absolute Gasteiger partial charge is 0.222 e. The van der Waals surface area contributed by atoms with Gasteiger partial charge in [-0.2, -0.15) is 0 Å². The molecule has 0 spiro atoms. The lowest BCUT2D eigenvalue weighted by atomic mass is 10.0. The summed E-state index contributed by atoms with van der Waals surface area (Å²) in [6, 6.07) is -0.658. The molecule has 0 radical (unpaired) electrons. The van der Waals surface area contributed by atoms with Crippen LogP contribution in [0, 0.1) is 0 Å². The van der Waals surface area contributed by atoms with Crippen molar-refractivity contribution in [2.24, 2.45) is 0 Å². The molecule has 0 fully saturated rings. The first-order valence-corrected chi connectivity index (χ1v) is 20.0. The van der Waals surface area contributed by atoms with E-state index in [0.717, 1.165) is 38.5 Å². The molecule has 0 rings (SSSR count). The minimum atomic E-state index is -0.748. The first kappa shape index (κ1) is 44.1. The average Bonchev–Trinajstić information content (AvgIpc) is 3.03. The summed E-state index contributed by atoms with van der Waals surface area (Å²) in [5.74, 6) is -0.292. The molecule has 0 aliphatic carbocycles. The molecule has 5 heteroatoms. The number of rotatable bonds is 36. The van der Waals surface area contributed by atoms with E-state index in [1.54, 1.807) is 0 Å². The van der Waals surface area contributed by atoms with E-state index in [4.69, 9.17) is 0 Å². The summed E-state index contributed by atoms with van der Waals surface area (Å²) in [4.78, 5) is 12.4. The van der Waals surface area contributed by atoms with E-state index in [1.165, 1.54) is 141 Å². The van der Waals surface area contributed by atoms with Gasteiger partial charge in [0.05, 0.1) is 31.3 Å². The number of aliphatic hydroxyl groups excluding tert-OH is 3. The van der Waals surface area contributed by atoms with E-state index in [2.05, 4.69) is 31.3 Å². The van der Waals surface area contributed by atoms with E-state index < -0.39 is 18.2 Å². The molecule has 0 saturated carbocycles. The van der Waals surface area contributed by atoms with E-state index in [9.17, 15) is 20.1 Å². The van der Waals surface area contributed by atoms with E-state index >= 15 is 0 Å². The maximum atomic E-state index is 12.4. The second-order valence-corrected chi connectivity index (χ2v) is 13.9. The van der Waals surface area contributed by atoms with Crippen molar-refractivity contribution < 1.29 is 20.1 Å². The topological polar surface area (TPSA) is 89.8 Å². The molecule has 0 aliphatic rings. The minimum absolute atomic E-state index is 0.0276. The summed E-state index contributed by atoms with van der Waals surface area (Å²) in [6.07, 6.45) is 40.3. The quantitative estimate of drug-likeness (QED) is 0.0406. The average molecular weight is 638 g/mol. The number of carbonyl (C=O) groups is 1. The largest absolute Gasteiger partial charge is 0.394 e. The molecule has 0 aliphatic heterocycles. The summed E-state index contributed by atoms with van der Waals surface area (Å²) in [5, 5.41) is 33.2. The minimum Gasteiger partial charge on any atom is -0.394 e. The Labute approximate surface area is 280 Å². The zero-order valence-corrected chi connectivity index (χ0v) is 30.3. The predicted octanol–water partition coefficient (Wildman–Crippen LogP) is 10.9. The summed E-state index contributed by atoms with van der Waals surface area (Å²) in [7, 11) is 0. The third-order valence-electron chi connectivity index (χ3n) is 9.33. The lowest BCUT2D eigenvalue weighted by molar-refractivity contribution is -0.125. The van der Waals surface area contributed by atoms with Gasteiger partial charge < -0.3 is 20.6 Å². The van der Waals surface area contributed by atoms with Crippen LogP contribution in [0.25, 0.3) is 0 Å². The van der Waals surface area contributed by atoms with Gasteiger partial charge >= 0.3 is 0 Å². The van der Waals surface area contributed by atoms with Crippen LogP contribution in [-0.2, 0) is 4.79 Å². The van der Waals surface area contributed by atoms with Crippen molar-refractivity contribution in [3.05, 3.63) is 12.2 Å². The third-order valence-corrected chi connectivity index (χ3v) is 9.33. The highest BCUT2D eigenvalue weighted by Crippen LogP contribution is 2.16. The molecular formula is C40H79NO4. The lowest BCUT2D eigenvalue weighted by Gasteiger charge is -2.23. The molecule has 5 nitrogen and oxygen atoms in total. The Kier molecular flexibility index (Phi) is 35.2. The Bertz CT molecular complexity index is 625. The first-order valence-electron chi connectivity index (χ1n) is 20.0. The van der Waals surface area contributed by atoms with Crippen LogP contribution in [0.3, 0.4) is 0 Å². The lowest BCUT2D eigenvalue weighted by Crippen LogP contribution is -2.46. The molecule has 45 heavy (non-hydrogen) atoms. The fourth-order valence-electron chi connectivity index (χ4n) is 6.22. The molecule has 3 atom stereocenters. The van der Waals surface area contributed by atoms with Crippen LogP contribution in [0.2, 0.25) is 0 Å². The Morgan fingerprint density at radius 1 is 0.533 bits per heavy atom. The molecule has 1 amide bonds. The number of hydrogen-bond donors (Lipinski definition) is 4. The number of nitrogens with one attached hydrogen (secondary N) is 1. The van der Waals surface area contributed by atoms with Crippen LogP contribution >= 0.6 is 0 Å². The monoisotopic (exact) mass is 638 g/mol. The third kappa shape index (κ3) is 32.8. The number of hydrogen-bond acceptors (Lipinski definition) is 4. The predicted molar refractivity (Wildman–Crippen MR) is 195 cm³/mol. The van der Waals surface area contributed by atoms with Crippen LogP contribution in [0.15, 0.2) is 12.2 Å².